The normalized spacial score (nSPS) is 20.7. The van der Waals surface area contributed by atoms with E-state index in [9.17, 15) is 9.59 Å². The molecule has 1 aliphatic carbocycles. The van der Waals surface area contributed by atoms with Crippen molar-refractivity contribution in [1.29, 1.82) is 0 Å². The molecule has 4 rings (SSSR count). The van der Waals surface area contributed by atoms with E-state index in [0.717, 1.165) is 48.9 Å². The van der Waals surface area contributed by atoms with Crippen LogP contribution in [0.1, 0.15) is 78.0 Å². The highest BCUT2D eigenvalue weighted by molar-refractivity contribution is 6.01. The van der Waals surface area contributed by atoms with E-state index in [1.807, 2.05) is 31.7 Å². The van der Waals surface area contributed by atoms with Crippen LogP contribution < -0.4 is 5.32 Å². The summed E-state index contributed by atoms with van der Waals surface area (Å²) in [4.78, 5) is 32.8. The number of nitrogens with zero attached hydrogens (tertiary/aromatic N) is 1. The summed E-state index contributed by atoms with van der Waals surface area (Å²) in [7, 11) is 0. The van der Waals surface area contributed by atoms with Crippen LogP contribution in [0.4, 0.5) is 0 Å². The van der Waals surface area contributed by atoms with E-state index in [1.165, 1.54) is 17.4 Å². The summed E-state index contributed by atoms with van der Waals surface area (Å²) in [5.74, 6) is 0.352. The number of allylic oxidation sites excluding steroid dienone is 1. The third-order valence-electron chi connectivity index (χ3n) is 7.09. The zero-order valence-corrected chi connectivity index (χ0v) is 20.8. The van der Waals surface area contributed by atoms with Gasteiger partial charge in [-0.25, -0.2) is 0 Å². The first kappa shape index (κ1) is 23.6. The Bertz CT molecular complexity index is 1050. The van der Waals surface area contributed by atoms with Gasteiger partial charge in [-0.15, -0.1) is 0 Å². The lowest BCUT2D eigenvalue weighted by atomic mass is 9.82. The number of carbonyl (C=O) groups excluding carboxylic acids is 2. The molecule has 1 saturated carbocycles. The van der Waals surface area contributed by atoms with Crippen molar-refractivity contribution >= 4 is 28.3 Å². The molecule has 2 heterocycles. The van der Waals surface area contributed by atoms with Crippen molar-refractivity contribution in [3.05, 3.63) is 41.6 Å². The van der Waals surface area contributed by atoms with Crippen molar-refractivity contribution < 1.29 is 9.59 Å². The fourth-order valence-corrected chi connectivity index (χ4v) is 5.57. The topological polar surface area (TPSA) is 65.2 Å². The minimum atomic E-state index is -0.423. The third kappa shape index (κ3) is 5.02. The van der Waals surface area contributed by atoms with Crippen molar-refractivity contribution in [3.8, 4) is 0 Å². The van der Waals surface area contributed by atoms with Gasteiger partial charge in [-0.2, -0.15) is 0 Å². The monoisotopic (exact) mass is 449 g/mol. The maximum Gasteiger partial charge on any atom is 0.247 e. The van der Waals surface area contributed by atoms with Gasteiger partial charge in [0.05, 0.1) is 0 Å². The van der Waals surface area contributed by atoms with Gasteiger partial charge in [0.15, 0.2) is 0 Å². The molecule has 5 nitrogen and oxygen atoms in total. The number of amides is 2. The van der Waals surface area contributed by atoms with E-state index >= 15 is 0 Å². The van der Waals surface area contributed by atoms with E-state index < -0.39 is 6.04 Å². The summed E-state index contributed by atoms with van der Waals surface area (Å²) in [6.45, 7) is 10.8. The van der Waals surface area contributed by atoms with Crippen LogP contribution in [0.2, 0.25) is 0 Å². The number of carbonyl (C=O) groups is 2. The fourth-order valence-electron chi connectivity index (χ4n) is 5.57. The molecule has 1 aromatic carbocycles. The van der Waals surface area contributed by atoms with Crippen molar-refractivity contribution in [3.63, 3.8) is 0 Å². The standard InChI is InChI=1S/C28H39N3O2/c1-18(2)22-17-24(32)31(16-15-21-20-13-9-10-14-23(20)29-25(21)22)26(19-11-7-6-8-12-19)27(33)30-28(3,4)5/h9-10,13-14,17-19,26,29H,6-8,11-12,15-16H2,1-5H3,(H,30,33)/b22-17-. The summed E-state index contributed by atoms with van der Waals surface area (Å²) < 4.78 is 0. The molecule has 1 unspecified atom stereocenters. The van der Waals surface area contributed by atoms with Gasteiger partial charge in [-0.3, -0.25) is 9.59 Å². The van der Waals surface area contributed by atoms with Gasteiger partial charge in [0.2, 0.25) is 11.8 Å². The second kappa shape index (κ2) is 9.36. The molecule has 1 aliphatic heterocycles. The van der Waals surface area contributed by atoms with Gasteiger partial charge >= 0.3 is 0 Å². The van der Waals surface area contributed by atoms with Gasteiger partial charge < -0.3 is 15.2 Å². The number of rotatable bonds is 4. The number of nitrogens with one attached hydrogen (secondary N) is 2. The molecule has 0 bridgehead atoms. The second-order valence-electron chi connectivity index (χ2n) is 11.1. The Labute approximate surface area is 198 Å². The second-order valence-corrected chi connectivity index (χ2v) is 11.1. The summed E-state index contributed by atoms with van der Waals surface area (Å²) in [5.41, 5.74) is 4.12. The van der Waals surface area contributed by atoms with Crippen LogP contribution in [-0.4, -0.2) is 39.8 Å². The smallest absolute Gasteiger partial charge is 0.247 e. The molecular formula is C28H39N3O2. The van der Waals surface area contributed by atoms with E-state index in [4.69, 9.17) is 0 Å². The summed E-state index contributed by atoms with van der Waals surface area (Å²) in [5, 5.41) is 4.40. The molecule has 2 N–H and O–H groups in total. The van der Waals surface area contributed by atoms with Crippen LogP contribution in [0.15, 0.2) is 30.3 Å². The van der Waals surface area contributed by atoms with Crippen molar-refractivity contribution in [1.82, 2.24) is 15.2 Å². The predicted molar refractivity (Wildman–Crippen MR) is 135 cm³/mol. The first-order valence-electron chi connectivity index (χ1n) is 12.6. The van der Waals surface area contributed by atoms with Crippen molar-refractivity contribution in [2.75, 3.05) is 6.54 Å². The lowest BCUT2D eigenvalue weighted by Crippen LogP contribution is -2.57. The maximum atomic E-state index is 13.7. The molecule has 1 aromatic heterocycles. The number of H-pyrrole nitrogens is 1. The number of benzene rings is 1. The zero-order valence-electron chi connectivity index (χ0n) is 20.8. The number of hydrogen-bond acceptors (Lipinski definition) is 2. The number of aromatic amines is 1. The Balaban J connectivity index is 1.77. The van der Waals surface area contributed by atoms with E-state index in [2.05, 4.69) is 42.3 Å². The van der Waals surface area contributed by atoms with Crippen LogP contribution in [0.25, 0.3) is 16.5 Å². The zero-order chi connectivity index (χ0) is 23.8. The number of hydrogen-bond donors (Lipinski definition) is 2. The lowest BCUT2D eigenvalue weighted by molar-refractivity contribution is -0.140. The Morgan fingerprint density at radius 1 is 1.12 bits per heavy atom. The number of para-hydroxylation sites is 1. The Hall–Kier alpha value is -2.56. The molecule has 33 heavy (non-hydrogen) atoms. The summed E-state index contributed by atoms with van der Waals surface area (Å²) in [6.07, 6.45) is 8.01. The molecule has 178 valence electrons. The van der Waals surface area contributed by atoms with Crippen LogP contribution >= 0.6 is 0 Å². The van der Waals surface area contributed by atoms with Gasteiger partial charge in [-0.05, 0) is 69.1 Å². The molecule has 0 saturated heterocycles. The molecule has 0 spiro atoms. The largest absolute Gasteiger partial charge is 0.355 e. The van der Waals surface area contributed by atoms with E-state index in [0.29, 0.717) is 6.54 Å². The molecule has 5 heteroatoms. The molecular weight excluding hydrogens is 410 g/mol. The molecule has 0 radical (unpaired) electrons. The maximum absolute atomic E-state index is 13.7. The van der Waals surface area contributed by atoms with Gasteiger partial charge in [0, 0.05) is 34.8 Å². The van der Waals surface area contributed by atoms with Crippen LogP contribution in [-0.2, 0) is 16.0 Å². The van der Waals surface area contributed by atoms with Crippen molar-refractivity contribution in [2.24, 2.45) is 11.8 Å². The minimum Gasteiger partial charge on any atom is -0.355 e. The lowest BCUT2D eigenvalue weighted by Gasteiger charge is -2.39. The van der Waals surface area contributed by atoms with Crippen LogP contribution in [0, 0.1) is 11.8 Å². The quantitative estimate of drug-likeness (QED) is 0.651. The average molecular weight is 450 g/mol. The van der Waals surface area contributed by atoms with Gasteiger partial charge in [-0.1, -0.05) is 51.3 Å². The Morgan fingerprint density at radius 3 is 2.48 bits per heavy atom. The Kier molecular flexibility index (Phi) is 6.69. The first-order valence-corrected chi connectivity index (χ1v) is 12.6. The predicted octanol–water partition coefficient (Wildman–Crippen LogP) is 5.46. The van der Waals surface area contributed by atoms with Gasteiger partial charge in [0.25, 0.3) is 0 Å². The highest BCUT2D eigenvalue weighted by Crippen LogP contribution is 2.35. The summed E-state index contributed by atoms with van der Waals surface area (Å²) >= 11 is 0. The van der Waals surface area contributed by atoms with Gasteiger partial charge in [0.1, 0.15) is 6.04 Å². The summed E-state index contributed by atoms with van der Waals surface area (Å²) in [6, 6.07) is 7.94. The molecule has 1 fully saturated rings. The van der Waals surface area contributed by atoms with E-state index in [-0.39, 0.29) is 29.2 Å². The molecule has 2 amide bonds. The number of aromatic nitrogens is 1. The van der Waals surface area contributed by atoms with Crippen LogP contribution in [0.3, 0.4) is 0 Å². The Morgan fingerprint density at radius 2 is 1.82 bits per heavy atom. The minimum absolute atomic E-state index is 0.0121. The SMILES string of the molecule is CC(C)/C1=C/C(=O)N(C(C(=O)NC(C)(C)C)C2CCCCC2)CCc2c1[nH]c1ccccc21. The fraction of sp³-hybridized carbons (Fsp3) is 0.571. The number of fused-ring (bicyclic) bond motifs is 3. The van der Waals surface area contributed by atoms with E-state index in [1.54, 1.807) is 6.08 Å². The van der Waals surface area contributed by atoms with Crippen molar-refractivity contribution in [2.45, 2.75) is 84.7 Å². The molecule has 1 atom stereocenters. The third-order valence-corrected chi connectivity index (χ3v) is 7.09. The molecule has 2 aromatic rings. The average Bonchev–Trinajstić information content (AvgIpc) is 3.10. The molecule has 2 aliphatic rings. The highest BCUT2D eigenvalue weighted by atomic mass is 16.2. The first-order chi connectivity index (χ1) is 15.7. The van der Waals surface area contributed by atoms with Crippen LogP contribution in [0.5, 0.6) is 0 Å². The highest BCUT2D eigenvalue weighted by Gasteiger charge is 2.38.